The molecular formula is C20H11Cl2FN2O2. The van der Waals surface area contributed by atoms with Gasteiger partial charge in [-0.3, -0.25) is 4.79 Å². The maximum Gasteiger partial charge on any atom is 0.266 e. The summed E-state index contributed by atoms with van der Waals surface area (Å²) < 4.78 is 18.9. The van der Waals surface area contributed by atoms with Gasteiger partial charge in [0.15, 0.2) is 0 Å². The van der Waals surface area contributed by atoms with Gasteiger partial charge in [-0.1, -0.05) is 35.3 Å². The average molecular weight is 401 g/mol. The molecule has 0 aliphatic rings. The van der Waals surface area contributed by atoms with Gasteiger partial charge in [-0.15, -0.1) is 0 Å². The van der Waals surface area contributed by atoms with Crippen molar-refractivity contribution in [2.75, 3.05) is 5.32 Å². The number of halogens is 3. The first kappa shape index (κ1) is 18.7. The largest absolute Gasteiger partial charge is 0.457 e. The SMILES string of the molecule is N#C/C(=C\c1ccc(-c2cccc(F)c2)o1)C(=O)Nc1ccc(Cl)c(Cl)c1. The van der Waals surface area contributed by atoms with Crippen molar-refractivity contribution in [3.63, 3.8) is 0 Å². The van der Waals surface area contributed by atoms with Crippen molar-refractivity contribution in [1.29, 1.82) is 5.26 Å². The molecule has 3 aromatic rings. The molecule has 2 aromatic carbocycles. The van der Waals surface area contributed by atoms with Gasteiger partial charge in [-0.25, -0.2) is 4.39 Å². The molecular weight excluding hydrogens is 390 g/mol. The van der Waals surface area contributed by atoms with E-state index in [1.807, 2.05) is 6.07 Å². The van der Waals surface area contributed by atoms with E-state index < -0.39 is 5.91 Å². The zero-order valence-corrected chi connectivity index (χ0v) is 15.2. The second kappa shape index (κ2) is 8.09. The summed E-state index contributed by atoms with van der Waals surface area (Å²) in [6.45, 7) is 0. The third kappa shape index (κ3) is 4.56. The summed E-state index contributed by atoms with van der Waals surface area (Å²) in [4.78, 5) is 12.3. The molecule has 1 amide bonds. The Morgan fingerprint density at radius 1 is 1.11 bits per heavy atom. The van der Waals surface area contributed by atoms with E-state index in [9.17, 15) is 14.4 Å². The van der Waals surface area contributed by atoms with Crippen LogP contribution in [0.5, 0.6) is 0 Å². The van der Waals surface area contributed by atoms with Gasteiger partial charge in [-0.2, -0.15) is 5.26 Å². The van der Waals surface area contributed by atoms with Crippen molar-refractivity contribution in [3.8, 4) is 17.4 Å². The molecule has 1 N–H and O–H groups in total. The predicted molar refractivity (Wildman–Crippen MR) is 103 cm³/mol. The van der Waals surface area contributed by atoms with Crippen LogP contribution in [0.2, 0.25) is 10.0 Å². The zero-order chi connectivity index (χ0) is 19.4. The highest BCUT2D eigenvalue weighted by Gasteiger charge is 2.12. The summed E-state index contributed by atoms with van der Waals surface area (Å²) in [7, 11) is 0. The molecule has 3 rings (SSSR count). The third-order valence-electron chi connectivity index (χ3n) is 3.57. The third-order valence-corrected chi connectivity index (χ3v) is 4.30. The van der Waals surface area contributed by atoms with Gasteiger partial charge >= 0.3 is 0 Å². The van der Waals surface area contributed by atoms with E-state index in [0.717, 1.165) is 0 Å². The second-order valence-corrected chi connectivity index (χ2v) is 6.28. The Kier molecular flexibility index (Phi) is 5.60. The number of anilines is 1. The van der Waals surface area contributed by atoms with E-state index in [1.165, 1.54) is 30.3 Å². The summed E-state index contributed by atoms with van der Waals surface area (Å²) >= 11 is 11.7. The van der Waals surface area contributed by atoms with Crippen LogP contribution in [0.1, 0.15) is 5.76 Å². The lowest BCUT2D eigenvalue weighted by molar-refractivity contribution is -0.112. The minimum absolute atomic E-state index is 0.166. The molecule has 0 spiro atoms. The van der Waals surface area contributed by atoms with Gasteiger partial charge in [0, 0.05) is 17.3 Å². The van der Waals surface area contributed by atoms with E-state index in [-0.39, 0.29) is 22.2 Å². The van der Waals surface area contributed by atoms with Gasteiger partial charge < -0.3 is 9.73 Å². The van der Waals surface area contributed by atoms with Gasteiger partial charge in [0.05, 0.1) is 10.0 Å². The Bertz CT molecular complexity index is 1080. The molecule has 0 aliphatic heterocycles. The van der Waals surface area contributed by atoms with Gasteiger partial charge in [0.25, 0.3) is 5.91 Å². The maximum atomic E-state index is 13.3. The van der Waals surface area contributed by atoms with E-state index in [2.05, 4.69) is 5.32 Å². The number of carbonyl (C=O) groups is 1. The number of benzene rings is 2. The standard InChI is InChI=1S/C20H11Cl2FN2O2/c21-17-6-4-15(10-18(17)22)25-20(26)13(11-24)9-16-5-7-19(27-16)12-2-1-3-14(23)8-12/h1-10H,(H,25,26)/b13-9+. The minimum Gasteiger partial charge on any atom is -0.457 e. The fourth-order valence-electron chi connectivity index (χ4n) is 2.29. The number of nitrogens with one attached hydrogen (secondary N) is 1. The molecule has 0 bridgehead atoms. The first-order valence-corrected chi connectivity index (χ1v) is 8.46. The first-order valence-electron chi connectivity index (χ1n) is 7.70. The van der Waals surface area contributed by atoms with E-state index in [1.54, 1.807) is 30.3 Å². The molecule has 0 radical (unpaired) electrons. The van der Waals surface area contributed by atoms with Crippen LogP contribution in [-0.4, -0.2) is 5.91 Å². The van der Waals surface area contributed by atoms with Crippen LogP contribution in [0.25, 0.3) is 17.4 Å². The van der Waals surface area contributed by atoms with Gasteiger partial charge in [-0.05, 0) is 42.5 Å². The number of furan rings is 1. The number of carbonyl (C=O) groups excluding carboxylic acids is 1. The fourth-order valence-corrected chi connectivity index (χ4v) is 2.59. The molecule has 1 heterocycles. The molecule has 134 valence electrons. The molecule has 27 heavy (non-hydrogen) atoms. The Morgan fingerprint density at radius 3 is 2.63 bits per heavy atom. The Labute approximate surface area is 164 Å². The maximum absolute atomic E-state index is 13.3. The first-order chi connectivity index (χ1) is 13.0. The minimum atomic E-state index is -0.625. The molecule has 0 aliphatic carbocycles. The van der Waals surface area contributed by atoms with Crippen molar-refractivity contribution >= 4 is 40.9 Å². The van der Waals surface area contributed by atoms with Gasteiger partial charge in [0.1, 0.15) is 29.0 Å². The van der Waals surface area contributed by atoms with Crippen LogP contribution < -0.4 is 5.32 Å². The second-order valence-electron chi connectivity index (χ2n) is 5.47. The quantitative estimate of drug-likeness (QED) is 0.435. The number of hydrogen-bond donors (Lipinski definition) is 1. The molecule has 0 fully saturated rings. The lowest BCUT2D eigenvalue weighted by atomic mass is 10.2. The Morgan fingerprint density at radius 2 is 1.93 bits per heavy atom. The molecule has 0 unspecified atom stereocenters. The topological polar surface area (TPSA) is 66.0 Å². The smallest absolute Gasteiger partial charge is 0.266 e. The highest BCUT2D eigenvalue weighted by atomic mass is 35.5. The van der Waals surface area contributed by atoms with Crippen LogP contribution in [0.4, 0.5) is 10.1 Å². The molecule has 0 atom stereocenters. The number of rotatable bonds is 4. The predicted octanol–water partition coefficient (Wildman–Crippen LogP) is 5.94. The number of nitrogens with zero attached hydrogens (tertiary/aromatic N) is 1. The van der Waals surface area contributed by atoms with Crippen molar-refractivity contribution in [1.82, 2.24) is 0 Å². The molecule has 0 saturated carbocycles. The van der Waals surface area contributed by atoms with Crippen molar-refractivity contribution in [2.45, 2.75) is 0 Å². The van der Waals surface area contributed by atoms with Crippen LogP contribution in [-0.2, 0) is 4.79 Å². The normalized spacial score (nSPS) is 11.1. The zero-order valence-electron chi connectivity index (χ0n) is 13.7. The average Bonchev–Trinajstić information content (AvgIpc) is 3.11. The molecule has 7 heteroatoms. The van der Waals surface area contributed by atoms with Crippen molar-refractivity contribution < 1.29 is 13.6 Å². The Balaban J connectivity index is 1.81. The van der Waals surface area contributed by atoms with Crippen molar-refractivity contribution in [3.05, 3.63) is 81.8 Å². The van der Waals surface area contributed by atoms with E-state index >= 15 is 0 Å². The lowest BCUT2D eigenvalue weighted by Crippen LogP contribution is -2.13. The number of nitriles is 1. The number of amides is 1. The Hall–Kier alpha value is -3.07. The fraction of sp³-hybridized carbons (Fsp3) is 0. The van der Waals surface area contributed by atoms with Crippen LogP contribution in [0.15, 0.2) is 64.6 Å². The highest BCUT2D eigenvalue weighted by molar-refractivity contribution is 6.42. The number of hydrogen-bond acceptors (Lipinski definition) is 3. The van der Waals surface area contributed by atoms with Gasteiger partial charge in [0.2, 0.25) is 0 Å². The molecule has 0 saturated heterocycles. The summed E-state index contributed by atoms with van der Waals surface area (Å²) in [5, 5.41) is 12.5. The summed E-state index contributed by atoms with van der Waals surface area (Å²) in [5.41, 5.74) is 0.782. The lowest BCUT2D eigenvalue weighted by Gasteiger charge is -2.05. The monoisotopic (exact) mass is 400 g/mol. The van der Waals surface area contributed by atoms with Crippen molar-refractivity contribution in [2.24, 2.45) is 0 Å². The van der Waals surface area contributed by atoms with E-state index in [0.29, 0.717) is 22.0 Å². The summed E-state index contributed by atoms with van der Waals surface area (Å²) in [6.07, 6.45) is 1.30. The van der Waals surface area contributed by atoms with Crippen LogP contribution in [0.3, 0.4) is 0 Å². The molecule has 1 aromatic heterocycles. The van der Waals surface area contributed by atoms with Crippen LogP contribution >= 0.6 is 23.2 Å². The van der Waals surface area contributed by atoms with Crippen LogP contribution in [0, 0.1) is 17.1 Å². The highest BCUT2D eigenvalue weighted by Crippen LogP contribution is 2.26. The molecule has 4 nitrogen and oxygen atoms in total. The van der Waals surface area contributed by atoms with E-state index in [4.69, 9.17) is 27.6 Å². The summed E-state index contributed by atoms with van der Waals surface area (Å²) in [6, 6.07) is 15.5. The summed E-state index contributed by atoms with van der Waals surface area (Å²) in [5.74, 6) is -0.308.